The van der Waals surface area contributed by atoms with Gasteiger partial charge < -0.3 is 13.7 Å². The summed E-state index contributed by atoms with van der Waals surface area (Å²) < 4.78 is 7.37. The fourth-order valence-electron chi connectivity index (χ4n) is 11.0. The van der Waals surface area contributed by atoms with Gasteiger partial charge in [0, 0.05) is 49.4 Å². The molecule has 0 atom stereocenters. The van der Waals surface area contributed by atoms with E-state index in [1.165, 1.54) is 91.7 Å². The van der Waals surface area contributed by atoms with Crippen LogP contribution in [0.1, 0.15) is 5.56 Å². The molecule has 0 unspecified atom stereocenters. The summed E-state index contributed by atoms with van der Waals surface area (Å²) in [5.74, 6) is 0. The van der Waals surface area contributed by atoms with Crippen molar-refractivity contribution in [3.63, 3.8) is 0 Å². The van der Waals surface area contributed by atoms with Gasteiger partial charge in [0.1, 0.15) is 0 Å². The molecule has 3 aromatic heterocycles. The predicted octanol–water partition coefficient (Wildman–Crippen LogP) is 12.7. The van der Waals surface area contributed by atoms with Crippen LogP contribution in [0.2, 0.25) is 0 Å². The molecule has 13 aromatic rings. The average molecular weight is 846 g/mol. The molecule has 0 saturated heterocycles. The van der Waals surface area contributed by atoms with Gasteiger partial charge in [-0.3, -0.25) is 0 Å². The Morgan fingerprint density at radius 2 is 0.585 bits per heavy atom. The molecule has 0 saturated carbocycles. The maximum atomic E-state index is 2.47. The number of fused-ring (bicyclic) bond motifs is 9. The van der Waals surface area contributed by atoms with Crippen molar-refractivity contribution >= 4 is 94.2 Å². The third-order valence-corrected chi connectivity index (χ3v) is 18.6. The van der Waals surface area contributed by atoms with Crippen molar-refractivity contribution in [2.75, 3.05) is 0 Å². The minimum atomic E-state index is -2.69. The van der Waals surface area contributed by atoms with E-state index in [9.17, 15) is 0 Å². The van der Waals surface area contributed by atoms with Crippen LogP contribution in [0.5, 0.6) is 0 Å². The zero-order chi connectivity index (χ0) is 43.1. The molecule has 0 aliphatic carbocycles. The van der Waals surface area contributed by atoms with Gasteiger partial charge >= 0.3 is 0 Å². The molecule has 0 aliphatic rings. The van der Waals surface area contributed by atoms with Crippen LogP contribution in [0.15, 0.2) is 243 Å². The van der Waals surface area contributed by atoms with Gasteiger partial charge in [-0.1, -0.05) is 181 Å². The maximum absolute atomic E-state index is 2.69. The van der Waals surface area contributed by atoms with E-state index < -0.39 is 8.07 Å². The molecule has 3 nitrogen and oxygen atoms in total. The summed E-state index contributed by atoms with van der Waals surface area (Å²) in [6, 6.07) is 90.4. The highest BCUT2D eigenvalue weighted by Gasteiger charge is 2.41. The van der Waals surface area contributed by atoms with E-state index in [0.717, 1.165) is 17.1 Å². The van der Waals surface area contributed by atoms with E-state index in [4.69, 9.17) is 0 Å². The normalized spacial score (nSPS) is 12.1. The molecule has 306 valence electrons. The first-order chi connectivity index (χ1) is 32.2. The Morgan fingerprint density at radius 3 is 1.06 bits per heavy atom. The molecule has 0 fully saturated rings. The predicted molar refractivity (Wildman–Crippen MR) is 278 cm³/mol. The highest BCUT2D eigenvalue weighted by molar-refractivity contribution is 7.19. The quantitative estimate of drug-likeness (QED) is 0.112. The van der Waals surface area contributed by atoms with Crippen molar-refractivity contribution < 1.29 is 0 Å². The van der Waals surface area contributed by atoms with Gasteiger partial charge in [-0.05, 0) is 94.4 Å². The van der Waals surface area contributed by atoms with Crippen LogP contribution in [-0.4, -0.2) is 21.8 Å². The van der Waals surface area contributed by atoms with Gasteiger partial charge in [-0.25, -0.2) is 0 Å². The molecular formula is C61H43N3Si. The largest absolute Gasteiger partial charge is 0.309 e. The second-order valence-electron chi connectivity index (χ2n) is 17.4. The van der Waals surface area contributed by atoms with Gasteiger partial charge in [0.05, 0.1) is 33.1 Å². The summed E-state index contributed by atoms with van der Waals surface area (Å²) in [7, 11) is -2.69. The third kappa shape index (κ3) is 5.61. The maximum Gasteiger partial charge on any atom is 0.179 e. The molecule has 0 aliphatic heterocycles. The zero-order valence-corrected chi connectivity index (χ0v) is 36.9. The second-order valence-corrected chi connectivity index (χ2v) is 21.2. The minimum absolute atomic E-state index is 1.13. The zero-order valence-electron chi connectivity index (χ0n) is 35.9. The lowest BCUT2D eigenvalue weighted by Gasteiger charge is -2.34. The Labute approximate surface area is 378 Å². The summed E-state index contributed by atoms with van der Waals surface area (Å²) in [6.07, 6.45) is 0. The van der Waals surface area contributed by atoms with Crippen LogP contribution in [0.3, 0.4) is 0 Å². The highest BCUT2D eigenvalue weighted by Crippen LogP contribution is 2.39. The van der Waals surface area contributed by atoms with E-state index in [2.05, 4.69) is 263 Å². The van der Waals surface area contributed by atoms with Crippen LogP contribution in [0.4, 0.5) is 0 Å². The lowest BCUT2D eigenvalue weighted by molar-refractivity contribution is 1.14. The third-order valence-electron chi connectivity index (χ3n) is 13.8. The SMILES string of the molecule is Cc1ccc2c(c1)c1ccccc1n2-c1ccc2c3ccccc3n(-c3ccc4c5ccccc5n(-c5ccc([Si](c6ccccc6)(c6ccccc6)c6ccccc6)cc5)c4c3)c2c1. The van der Waals surface area contributed by atoms with E-state index in [1.54, 1.807) is 0 Å². The van der Waals surface area contributed by atoms with E-state index >= 15 is 0 Å². The van der Waals surface area contributed by atoms with Crippen LogP contribution in [0, 0.1) is 6.92 Å². The van der Waals surface area contributed by atoms with Crippen molar-refractivity contribution in [3.8, 4) is 17.1 Å². The summed E-state index contributed by atoms with van der Waals surface area (Å²) in [6.45, 7) is 2.18. The monoisotopic (exact) mass is 845 g/mol. The molecule has 65 heavy (non-hydrogen) atoms. The smallest absolute Gasteiger partial charge is 0.179 e. The Hall–Kier alpha value is -8.18. The minimum Gasteiger partial charge on any atom is -0.309 e. The fourth-order valence-corrected chi connectivity index (χ4v) is 15.8. The number of hydrogen-bond acceptors (Lipinski definition) is 0. The van der Waals surface area contributed by atoms with Gasteiger partial charge in [0.15, 0.2) is 8.07 Å². The molecular weight excluding hydrogens is 803 g/mol. The van der Waals surface area contributed by atoms with Crippen LogP contribution in [-0.2, 0) is 0 Å². The first-order valence-electron chi connectivity index (χ1n) is 22.5. The molecule has 0 amide bonds. The van der Waals surface area contributed by atoms with Gasteiger partial charge in [-0.15, -0.1) is 0 Å². The average Bonchev–Trinajstić information content (AvgIpc) is 4.00. The number of aryl methyl sites for hydroxylation is 1. The topological polar surface area (TPSA) is 14.8 Å². The van der Waals surface area contributed by atoms with Crippen molar-refractivity contribution in [2.24, 2.45) is 0 Å². The molecule has 10 aromatic carbocycles. The summed E-state index contributed by atoms with van der Waals surface area (Å²) in [5.41, 5.74) is 11.8. The summed E-state index contributed by atoms with van der Waals surface area (Å²) >= 11 is 0. The molecule has 0 N–H and O–H groups in total. The van der Waals surface area contributed by atoms with Gasteiger partial charge in [0.25, 0.3) is 0 Å². The number of rotatable bonds is 7. The number of aromatic nitrogens is 3. The standard InChI is InChI=1S/C61H43N3Si/c1-42-29-38-59-55(39-42)52-25-13-16-28-58(52)63(59)44-32-36-54-51-24-12-15-27-57(51)64(61(54)40-44)45-33-37-53-50-23-11-14-26-56(50)62(60(53)41-45)43-30-34-49(35-31-43)65(46-17-5-2-6-18-46,47-19-7-3-8-20-47)48-21-9-4-10-22-48/h2-41H,1H3. The summed E-state index contributed by atoms with van der Waals surface area (Å²) in [5, 5.41) is 13.0. The van der Waals surface area contributed by atoms with E-state index in [-0.39, 0.29) is 0 Å². The van der Waals surface area contributed by atoms with Crippen LogP contribution >= 0.6 is 0 Å². The first-order valence-corrected chi connectivity index (χ1v) is 24.5. The lowest BCUT2D eigenvalue weighted by atomic mass is 10.1. The number of hydrogen-bond donors (Lipinski definition) is 0. The lowest BCUT2D eigenvalue weighted by Crippen LogP contribution is -2.74. The van der Waals surface area contributed by atoms with Gasteiger partial charge in [0.2, 0.25) is 0 Å². The Morgan fingerprint density at radius 1 is 0.246 bits per heavy atom. The number of nitrogens with zero attached hydrogens (tertiary/aromatic N) is 3. The van der Waals surface area contributed by atoms with Crippen molar-refractivity contribution in [3.05, 3.63) is 248 Å². The molecule has 4 heteroatoms. The highest BCUT2D eigenvalue weighted by atomic mass is 28.3. The fraction of sp³-hybridized carbons (Fsp3) is 0.0164. The van der Waals surface area contributed by atoms with Crippen molar-refractivity contribution in [1.82, 2.24) is 13.7 Å². The van der Waals surface area contributed by atoms with Crippen LogP contribution < -0.4 is 20.7 Å². The van der Waals surface area contributed by atoms with Gasteiger partial charge in [-0.2, -0.15) is 0 Å². The Balaban J connectivity index is 1.02. The molecule has 3 heterocycles. The van der Waals surface area contributed by atoms with E-state index in [1.807, 2.05) is 0 Å². The molecule has 0 radical (unpaired) electrons. The van der Waals surface area contributed by atoms with Crippen LogP contribution in [0.25, 0.3) is 82.5 Å². The Kier molecular flexibility index (Phi) is 8.45. The number of para-hydroxylation sites is 3. The second kappa shape index (κ2) is 14.7. The van der Waals surface area contributed by atoms with Crippen molar-refractivity contribution in [1.29, 1.82) is 0 Å². The molecule has 0 bridgehead atoms. The Bertz CT molecular complexity index is 3840. The van der Waals surface area contributed by atoms with Crippen molar-refractivity contribution in [2.45, 2.75) is 6.92 Å². The number of benzene rings is 10. The first kappa shape index (κ1) is 37.4. The molecule has 13 rings (SSSR count). The van der Waals surface area contributed by atoms with E-state index in [0.29, 0.717) is 0 Å². The summed E-state index contributed by atoms with van der Waals surface area (Å²) in [4.78, 5) is 0. The molecule has 0 spiro atoms.